The molecule has 2 aromatic rings. The molecule has 0 radical (unpaired) electrons. The minimum Gasteiger partial charge on any atom is -0.478 e. The van der Waals surface area contributed by atoms with Gasteiger partial charge >= 0.3 is 5.97 Å². The van der Waals surface area contributed by atoms with Crippen molar-refractivity contribution in [2.45, 2.75) is 46.1 Å². The molecule has 2 rings (SSSR count). The molecular weight excluding hydrogens is 250 g/mol. The Kier molecular flexibility index (Phi) is 4.83. The smallest absolute Gasteiger partial charge is 0.337 e. The second-order valence-electron chi connectivity index (χ2n) is 5.46. The average molecular weight is 273 g/mol. The Morgan fingerprint density at radius 1 is 1.20 bits per heavy atom. The van der Waals surface area contributed by atoms with Crippen molar-refractivity contribution in [1.29, 1.82) is 0 Å². The fraction of sp³-hybridized carbons (Fsp3) is 0.471. The summed E-state index contributed by atoms with van der Waals surface area (Å²) in [6.45, 7) is 5.33. The maximum atomic E-state index is 11.4. The first-order chi connectivity index (χ1) is 9.67. The number of fused-ring (bicyclic) bond motifs is 1. The standard InChI is InChI=1S/C17H23NO2/c1-3-7-13(8-4-2)11-18-12-15(17(19)20)14-9-5-6-10-16(14)18/h5-6,9-10,12-13H,3-4,7-8,11H2,1-2H3,(H,19,20). The molecule has 0 fully saturated rings. The lowest BCUT2D eigenvalue weighted by atomic mass is 9.98. The molecule has 1 heterocycles. The van der Waals surface area contributed by atoms with Gasteiger partial charge in [0.2, 0.25) is 0 Å². The van der Waals surface area contributed by atoms with Crippen molar-refractivity contribution in [3.05, 3.63) is 36.0 Å². The maximum absolute atomic E-state index is 11.4. The number of aromatic carboxylic acids is 1. The van der Waals surface area contributed by atoms with E-state index in [1.165, 1.54) is 25.7 Å². The number of nitrogens with zero attached hydrogens (tertiary/aromatic N) is 1. The molecule has 0 aliphatic heterocycles. The van der Waals surface area contributed by atoms with Crippen molar-refractivity contribution in [1.82, 2.24) is 4.57 Å². The van der Waals surface area contributed by atoms with Crippen LogP contribution in [0.4, 0.5) is 0 Å². The number of carboxylic acid groups (broad SMARTS) is 1. The molecule has 0 atom stereocenters. The summed E-state index contributed by atoms with van der Waals surface area (Å²) in [4.78, 5) is 11.4. The van der Waals surface area contributed by atoms with Gasteiger partial charge in [0, 0.05) is 23.6 Å². The molecule has 0 unspecified atom stereocenters. The lowest BCUT2D eigenvalue weighted by Gasteiger charge is -2.16. The van der Waals surface area contributed by atoms with E-state index >= 15 is 0 Å². The van der Waals surface area contributed by atoms with Crippen molar-refractivity contribution in [3.63, 3.8) is 0 Å². The van der Waals surface area contributed by atoms with Crippen LogP contribution in [0.2, 0.25) is 0 Å². The fourth-order valence-electron chi connectivity index (χ4n) is 2.99. The van der Waals surface area contributed by atoms with Crippen molar-refractivity contribution in [2.24, 2.45) is 5.92 Å². The molecule has 0 amide bonds. The van der Waals surface area contributed by atoms with Gasteiger partial charge in [-0.15, -0.1) is 0 Å². The predicted octanol–water partition coefficient (Wildman–Crippen LogP) is 4.56. The Labute approximate surface area is 120 Å². The Morgan fingerprint density at radius 3 is 2.45 bits per heavy atom. The normalized spacial score (nSPS) is 11.3. The van der Waals surface area contributed by atoms with Crippen LogP contribution in [-0.4, -0.2) is 15.6 Å². The zero-order chi connectivity index (χ0) is 14.5. The molecular formula is C17H23NO2. The number of hydrogen-bond donors (Lipinski definition) is 1. The molecule has 0 aliphatic carbocycles. The number of hydrogen-bond acceptors (Lipinski definition) is 1. The summed E-state index contributed by atoms with van der Waals surface area (Å²) >= 11 is 0. The van der Waals surface area contributed by atoms with E-state index in [0.717, 1.165) is 17.4 Å². The first-order valence-electron chi connectivity index (χ1n) is 7.48. The van der Waals surface area contributed by atoms with Crippen LogP contribution in [0.5, 0.6) is 0 Å². The zero-order valence-electron chi connectivity index (χ0n) is 12.3. The summed E-state index contributed by atoms with van der Waals surface area (Å²) in [5.41, 5.74) is 1.44. The average Bonchev–Trinajstić information content (AvgIpc) is 2.79. The van der Waals surface area contributed by atoms with Gasteiger partial charge in [0.15, 0.2) is 0 Å². The van der Waals surface area contributed by atoms with Crippen molar-refractivity contribution >= 4 is 16.9 Å². The predicted molar refractivity (Wildman–Crippen MR) is 82.2 cm³/mol. The van der Waals surface area contributed by atoms with Gasteiger partial charge < -0.3 is 9.67 Å². The molecule has 0 saturated heterocycles. The highest BCUT2D eigenvalue weighted by Crippen LogP contribution is 2.24. The van der Waals surface area contributed by atoms with E-state index in [9.17, 15) is 9.90 Å². The van der Waals surface area contributed by atoms with Crippen LogP contribution in [0.1, 0.15) is 49.9 Å². The molecule has 108 valence electrons. The number of rotatable bonds is 7. The Morgan fingerprint density at radius 2 is 1.85 bits per heavy atom. The van der Waals surface area contributed by atoms with Gasteiger partial charge in [-0.2, -0.15) is 0 Å². The Balaban J connectivity index is 2.36. The van der Waals surface area contributed by atoms with Crippen molar-refractivity contribution in [3.8, 4) is 0 Å². The van der Waals surface area contributed by atoms with E-state index in [1.54, 1.807) is 6.20 Å². The van der Waals surface area contributed by atoms with E-state index in [1.807, 2.05) is 24.3 Å². The van der Waals surface area contributed by atoms with Crippen LogP contribution >= 0.6 is 0 Å². The van der Waals surface area contributed by atoms with Crippen molar-refractivity contribution < 1.29 is 9.90 Å². The van der Waals surface area contributed by atoms with Gasteiger partial charge in [0.1, 0.15) is 0 Å². The number of carbonyl (C=O) groups is 1. The third-order valence-electron chi connectivity index (χ3n) is 3.87. The van der Waals surface area contributed by atoms with E-state index in [2.05, 4.69) is 18.4 Å². The number of aromatic nitrogens is 1. The van der Waals surface area contributed by atoms with Gasteiger partial charge in [-0.05, 0) is 24.8 Å². The monoisotopic (exact) mass is 273 g/mol. The topological polar surface area (TPSA) is 42.2 Å². The lowest BCUT2D eigenvalue weighted by Crippen LogP contribution is -2.10. The Bertz CT molecular complexity index is 580. The first kappa shape index (κ1) is 14.6. The zero-order valence-corrected chi connectivity index (χ0v) is 12.3. The van der Waals surface area contributed by atoms with E-state index in [-0.39, 0.29) is 0 Å². The van der Waals surface area contributed by atoms with Gasteiger partial charge in [-0.1, -0.05) is 44.9 Å². The molecule has 1 aromatic heterocycles. The molecule has 0 saturated carbocycles. The molecule has 20 heavy (non-hydrogen) atoms. The van der Waals surface area contributed by atoms with E-state index in [4.69, 9.17) is 0 Å². The molecule has 0 spiro atoms. The van der Waals surface area contributed by atoms with Gasteiger partial charge in [0.05, 0.1) is 5.56 Å². The number of benzene rings is 1. The van der Waals surface area contributed by atoms with Gasteiger partial charge in [-0.25, -0.2) is 4.79 Å². The van der Waals surface area contributed by atoms with Crippen LogP contribution < -0.4 is 0 Å². The quantitative estimate of drug-likeness (QED) is 0.803. The second-order valence-corrected chi connectivity index (χ2v) is 5.46. The molecule has 3 nitrogen and oxygen atoms in total. The SMILES string of the molecule is CCCC(CCC)Cn1cc(C(=O)O)c2ccccc21. The summed E-state index contributed by atoms with van der Waals surface area (Å²) in [5.74, 6) is -0.218. The molecule has 0 aliphatic rings. The number of para-hydroxylation sites is 1. The summed E-state index contributed by atoms with van der Waals surface area (Å²) in [7, 11) is 0. The molecule has 3 heteroatoms. The van der Waals surface area contributed by atoms with E-state index < -0.39 is 5.97 Å². The minimum absolute atomic E-state index is 0.410. The van der Waals surface area contributed by atoms with Crippen LogP contribution in [0.25, 0.3) is 10.9 Å². The van der Waals surface area contributed by atoms with E-state index in [0.29, 0.717) is 11.5 Å². The van der Waals surface area contributed by atoms with Gasteiger partial charge in [0.25, 0.3) is 0 Å². The van der Waals surface area contributed by atoms with Crippen molar-refractivity contribution in [2.75, 3.05) is 0 Å². The molecule has 1 aromatic carbocycles. The maximum Gasteiger partial charge on any atom is 0.337 e. The van der Waals surface area contributed by atoms with Crippen LogP contribution in [0.15, 0.2) is 30.5 Å². The molecule has 0 bridgehead atoms. The summed E-state index contributed by atoms with van der Waals surface area (Å²) < 4.78 is 2.12. The Hall–Kier alpha value is -1.77. The fourth-order valence-corrected chi connectivity index (χ4v) is 2.99. The minimum atomic E-state index is -0.845. The third kappa shape index (κ3) is 3.03. The summed E-state index contributed by atoms with van der Waals surface area (Å²) in [6, 6.07) is 7.77. The lowest BCUT2D eigenvalue weighted by molar-refractivity contribution is 0.0698. The second kappa shape index (κ2) is 6.60. The highest BCUT2D eigenvalue weighted by Gasteiger charge is 2.16. The molecule has 1 N–H and O–H groups in total. The van der Waals surface area contributed by atoms with Gasteiger partial charge in [-0.3, -0.25) is 0 Å². The van der Waals surface area contributed by atoms with Crippen LogP contribution in [0, 0.1) is 5.92 Å². The highest BCUT2D eigenvalue weighted by molar-refractivity contribution is 6.03. The number of carboxylic acids is 1. The third-order valence-corrected chi connectivity index (χ3v) is 3.87. The highest BCUT2D eigenvalue weighted by atomic mass is 16.4. The summed E-state index contributed by atoms with van der Waals surface area (Å²) in [5, 5.41) is 10.2. The summed E-state index contributed by atoms with van der Waals surface area (Å²) in [6.07, 6.45) is 6.54. The first-order valence-corrected chi connectivity index (χ1v) is 7.48. The van der Waals surface area contributed by atoms with Crippen LogP contribution in [0.3, 0.4) is 0 Å². The van der Waals surface area contributed by atoms with Crippen LogP contribution in [-0.2, 0) is 6.54 Å². The largest absolute Gasteiger partial charge is 0.478 e.